The lowest BCUT2D eigenvalue weighted by Crippen LogP contribution is -2.58. The van der Waals surface area contributed by atoms with E-state index < -0.39 is 0 Å². The Morgan fingerprint density at radius 3 is 2.71 bits per heavy atom. The number of pyridine rings is 1. The summed E-state index contributed by atoms with van der Waals surface area (Å²) in [4.78, 5) is 16.8. The fourth-order valence-electron chi connectivity index (χ4n) is 5.29. The Kier molecular flexibility index (Phi) is 3.04. The number of hydrogen-bond acceptors (Lipinski definition) is 2. The van der Waals surface area contributed by atoms with Crippen LogP contribution in [0.25, 0.3) is 0 Å². The summed E-state index contributed by atoms with van der Waals surface area (Å²) in [6.07, 6.45) is 10.0. The maximum atomic E-state index is 12.8. The number of amides is 1. The van der Waals surface area contributed by atoms with E-state index in [0.717, 1.165) is 37.7 Å². The summed E-state index contributed by atoms with van der Waals surface area (Å²) in [6, 6.07) is 3.90. The number of hydrogen-bond donors (Lipinski definition) is 1. The molecule has 4 heteroatoms. The summed E-state index contributed by atoms with van der Waals surface area (Å²) in [6.45, 7) is 0.568. The molecule has 1 heterocycles. The molecule has 4 fully saturated rings. The van der Waals surface area contributed by atoms with E-state index in [2.05, 4.69) is 10.3 Å². The van der Waals surface area contributed by atoms with E-state index in [0.29, 0.717) is 18.4 Å². The molecule has 1 amide bonds. The molecular weight excluding hydrogens is 284 g/mol. The fourth-order valence-corrected chi connectivity index (χ4v) is 5.98. The van der Waals surface area contributed by atoms with Crippen LogP contribution in [-0.2, 0) is 11.3 Å². The van der Waals surface area contributed by atoms with Crippen molar-refractivity contribution < 1.29 is 4.79 Å². The maximum absolute atomic E-state index is 12.8. The van der Waals surface area contributed by atoms with Gasteiger partial charge in [0.15, 0.2) is 0 Å². The number of alkyl halides is 1. The van der Waals surface area contributed by atoms with Crippen molar-refractivity contribution in [2.24, 2.45) is 17.3 Å². The normalized spacial score (nSPS) is 40.2. The molecule has 0 unspecified atom stereocenters. The van der Waals surface area contributed by atoms with Gasteiger partial charge in [-0.05, 0) is 62.0 Å². The molecule has 1 aromatic heterocycles. The Morgan fingerprint density at radius 1 is 1.33 bits per heavy atom. The van der Waals surface area contributed by atoms with Gasteiger partial charge in [0.1, 0.15) is 0 Å². The Hall–Kier alpha value is -1.09. The van der Waals surface area contributed by atoms with E-state index in [1.807, 2.05) is 18.3 Å². The SMILES string of the molecule is O=C(NCc1cccnc1)C12C[C@@H]3C[C@H](CC(Cl)(C3)C1)C2. The van der Waals surface area contributed by atoms with Crippen molar-refractivity contribution in [1.82, 2.24) is 10.3 Å². The van der Waals surface area contributed by atoms with Gasteiger partial charge in [-0.2, -0.15) is 0 Å². The molecule has 0 aliphatic heterocycles. The Bertz CT molecular complexity index is 545. The van der Waals surface area contributed by atoms with Crippen molar-refractivity contribution in [3.05, 3.63) is 30.1 Å². The Morgan fingerprint density at radius 2 is 2.10 bits per heavy atom. The molecule has 3 nitrogen and oxygen atoms in total. The zero-order valence-electron chi connectivity index (χ0n) is 12.1. The van der Waals surface area contributed by atoms with E-state index in [1.54, 1.807) is 6.20 Å². The number of carbonyl (C=O) groups excluding carboxylic acids is 1. The minimum atomic E-state index is -0.200. The van der Waals surface area contributed by atoms with Crippen LogP contribution in [-0.4, -0.2) is 15.8 Å². The molecule has 112 valence electrons. The van der Waals surface area contributed by atoms with Gasteiger partial charge in [-0.15, -0.1) is 11.6 Å². The Labute approximate surface area is 130 Å². The summed E-state index contributed by atoms with van der Waals surface area (Å²) in [5, 5.41) is 3.14. The van der Waals surface area contributed by atoms with Crippen LogP contribution in [0.4, 0.5) is 0 Å². The Balaban J connectivity index is 1.49. The highest BCUT2D eigenvalue weighted by Crippen LogP contribution is 2.63. The highest BCUT2D eigenvalue weighted by Gasteiger charge is 2.59. The van der Waals surface area contributed by atoms with E-state index >= 15 is 0 Å². The molecule has 4 saturated carbocycles. The molecule has 0 spiro atoms. The van der Waals surface area contributed by atoms with E-state index in [9.17, 15) is 4.79 Å². The lowest BCUT2D eigenvalue weighted by atomic mass is 9.49. The van der Waals surface area contributed by atoms with Gasteiger partial charge >= 0.3 is 0 Å². The summed E-state index contributed by atoms with van der Waals surface area (Å²) in [7, 11) is 0. The summed E-state index contributed by atoms with van der Waals surface area (Å²) in [5.41, 5.74) is 0.852. The van der Waals surface area contributed by atoms with E-state index in [-0.39, 0.29) is 16.2 Å². The summed E-state index contributed by atoms with van der Waals surface area (Å²) in [5.74, 6) is 1.53. The number of aromatic nitrogens is 1. The van der Waals surface area contributed by atoms with Crippen LogP contribution < -0.4 is 5.32 Å². The second-order valence-corrected chi connectivity index (χ2v) is 8.24. The highest BCUT2D eigenvalue weighted by atomic mass is 35.5. The summed E-state index contributed by atoms with van der Waals surface area (Å²) >= 11 is 6.79. The lowest BCUT2D eigenvalue weighted by Gasteiger charge is -2.59. The molecule has 4 aliphatic carbocycles. The number of carbonyl (C=O) groups is 1. The van der Waals surface area contributed by atoms with E-state index in [1.165, 1.54) is 6.42 Å². The van der Waals surface area contributed by atoms with Crippen LogP contribution in [0.1, 0.15) is 44.1 Å². The largest absolute Gasteiger partial charge is 0.351 e. The van der Waals surface area contributed by atoms with Crippen LogP contribution in [0.5, 0.6) is 0 Å². The molecule has 1 N–H and O–H groups in total. The average molecular weight is 305 g/mol. The van der Waals surface area contributed by atoms with Crippen molar-refractivity contribution in [2.75, 3.05) is 0 Å². The minimum absolute atomic E-state index is 0.101. The van der Waals surface area contributed by atoms with Gasteiger partial charge in [0.05, 0.1) is 5.41 Å². The van der Waals surface area contributed by atoms with Crippen LogP contribution >= 0.6 is 11.6 Å². The second-order valence-electron chi connectivity index (χ2n) is 7.44. The van der Waals surface area contributed by atoms with Crippen molar-refractivity contribution in [1.29, 1.82) is 0 Å². The third-order valence-corrected chi connectivity index (χ3v) is 6.09. The molecule has 0 radical (unpaired) electrons. The lowest BCUT2D eigenvalue weighted by molar-refractivity contribution is -0.144. The smallest absolute Gasteiger partial charge is 0.226 e. The van der Waals surface area contributed by atoms with Crippen LogP contribution in [0, 0.1) is 17.3 Å². The summed E-state index contributed by atoms with van der Waals surface area (Å²) < 4.78 is 0. The monoisotopic (exact) mass is 304 g/mol. The third kappa shape index (κ3) is 2.36. The van der Waals surface area contributed by atoms with Gasteiger partial charge in [-0.1, -0.05) is 6.07 Å². The molecule has 0 aromatic carbocycles. The van der Waals surface area contributed by atoms with Crippen LogP contribution in [0.2, 0.25) is 0 Å². The first kappa shape index (κ1) is 13.6. The van der Waals surface area contributed by atoms with Gasteiger partial charge in [0, 0.05) is 23.8 Å². The number of halogens is 1. The zero-order valence-corrected chi connectivity index (χ0v) is 12.9. The van der Waals surface area contributed by atoms with Gasteiger partial charge in [-0.25, -0.2) is 0 Å². The number of rotatable bonds is 3. The fraction of sp³-hybridized carbons (Fsp3) is 0.647. The molecule has 1 aromatic rings. The first-order chi connectivity index (χ1) is 10.1. The zero-order chi connectivity index (χ0) is 14.5. The maximum Gasteiger partial charge on any atom is 0.226 e. The highest BCUT2D eigenvalue weighted by molar-refractivity contribution is 6.24. The molecular formula is C17H21ClN2O. The number of nitrogens with zero attached hydrogens (tertiary/aromatic N) is 1. The van der Waals surface area contributed by atoms with Gasteiger partial charge in [0.2, 0.25) is 5.91 Å². The predicted molar refractivity (Wildman–Crippen MR) is 81.8 cm³/mol. The predicted octanol–water partition coefficient (Wildman–Crippen LogP) is 3.28. The topological polar surface area (TPSA) is 42.0 Å². The van der Waals surface area contributed by atoms with Crippen molar-refractivity contribution in [2.45, 2.75) is 49.9 Å². The van der Waals surface area contributed by atoms with Crippen LogP contribution in [0.15, 0.2) is 24.5 Å². The quantitative estimate of drug-likeness (QED) is 0.871. The van der Waals surface area contributed by atoms with Crippen molar-refractivity contribution >= 4 is 17.5 Å². The standard InChI is InChI=1S/C17H21ClN2O/c18-17-7-13-4-14(8-17)6-16(5-13,11-17)15(21)20-10-12-2-1-3-19-9-12/h1-3,9,13-14H,4-8,10-11H2,(H,20,21)/t13-,14-,16?,17?/m0/s1. The van der Waals surface area contributed by atoms with Crippen molar-refractivity contribution in [3.8, 4) is 0 Å². The van der Waals surface area contributed by atoms with E-state index in [4.69, 9.17) is 11.6 Å². The minimum Gasteiger partial charge on any atom is -0.351 e. The van der Waals surface area contributed by atoms with Gasteiger partial charge in [0.25, 0.3) is 0 Å². The average Bonchev–Trinajstić information content (AvgIpc) is 2.43. The second kappa shape index (κ2) is 4.70. The van der Waals surface area contributed by atoms with Crippen molar-refractivity contribution in [3.63, 3.8) is 0 Å². The molecule has 2 atom stereocenters. The molecule has 5 rings (SSSR count). The first-order valence-corrected chi connectivity index (χ1v) is 8.31. The van der Waals surface area contributed by atoms with Crippen LogP contribution in [0.3, 0.4) is 0 Å². The third-order valence-electron chi connectivity index (χ3n) is 5.65. The molecule has 21 heavy (non-hydrogen) atoms. The van der Waals surface area contributed by atoms with Gasteiger partial charge in [-0.3, -0.25) is 9.78 Å². The first-order valence-electron chi connectivity index (χ1n) is 7.93. The van der Waals surface area contributed by atoms with Gasteiger partial charge < -0.3 is 5.32 Å². The molecule has 4 aliphatic rings. The molecule has 0 saturated heterocycles. The molecule has 4 bridgehead atoms. The number of nitrogens with one attached hydrogen (secondary N) is 1.